The third kappa shape index (κ3) is 4.85. The van der Waals surface area contributed by atoms with Gasteiger partial charge < -0.3 is 5.32 Å². The van der Waals surface area contributed by atoms with Crippen LogP contribution in [-0.4, -0.2) is 23.9 Å². The van der Waals surface area contributed by atoms with Crippen LogP contribution in [0.25, 0.3) is 0 Å². The monoisotopic (exact) mass is 268 g/mol. The van der Waals surface area contributed by atoms with Crippen molar-refractivity contribution in [2.75, 3.05) is 13.1 Å². The number of aromatic nitrogens is 1. The third-order valence-electron chi connectivity index (χ3n) is 1.77. The summed E-state index contributed by atoms with van der Waals surface area (Å²) in [6, 6.07) is 1.90. The first-order chi connectivity index (χ1) is 7.22. The minimum absolute atomic E-state index is 0.150. The summed E-state index contributed by atoms with van der Waals surface area (Å²) in [5, 5.41) is 2.97. The Morgan fingerprint density at radius 2 is 2.40 bits per heavy atom. The lowest BCUT2D eigenvalue weighted by atomic mass is 10.1. The number of hydrogen-bond donors (Lipinski definition) is 1. The van der Waals surface area contributed by atoms with E-state index in [0.29, 0.717) is 19.5 Å². The SMILES string of the molecule is C=CCNCC(=O)Cc1cncc(Br)c1. The fraction of sp³-hybridized carbons (Fsp3) is 0.273. The largest absolute Gasteiger partial charge is 0.307 e. The molecule has 1 aromatic heterocycles. The number of Topliss-reactive ketones (excluding diaryl/α,β-unsaturated/α-hetero) is 1. The maximum atomic E-state index is 11.5. The Kier molecular flexibility index (Phi) is 5.21. The van der Waals surface area contributed by atoms with Gasteiger partial charge in [0, 0.05) is 29.8 Å². The predicted octanol–water partition coefficient (Wildman–Crippen LogP) is 1.73. The highest BCUT2D eigenvalue weighted by atomic mass is 79.9. The minimum atomic E-state index is 0.150. The lowest BCUT2D eigenvalue weighted by molar-refractivity contribution is -0.117. The molecule has 0 amide bonds. The van der Waals surface area contributed by atoms with E-state index in [1.807, 2.05) is 6.07 Å². The van der Waals surface area contributed by atoms with Gasteiger partial charge in [-0.1, -0.05) is 6.08 Å². The van der Waals surface area contributed by atoms with Gasteiger partial charge in [-0.3, -0.25) is 9.78 Å². The maximum Gasteiger partial charge on any atom is 0.151 e. The van der Waals surface area contributed by atoms with Crippen molar-refractivity contribution in [1.82, 2.24) is 10.3 Å². The Labute approximate surface area is 97.7 Å². The molecule has 1 rings (SSSR count). The van der Waals surface area contributed by atoms with Crippen molar-refractivity contribution in [1.29, 1.82) is 0 Å². The van der Waals surface area contributed by atoms with Gasteiger partial charge in [0.15, 0.2) is 5.78 Å². The number of carbonyl (C=O) groups excluding carboxylic acids is 1. The number of carbonyl (C=O) groups is 1. The molecule has 0 aromatic carbocycles. The molecule has 1 aromatic rings. The highest BCUT2D eigenvalue weighted by Gasteiger charge is 2.03. The zero-order valence-electron chi connectivity index (χ0n) is 8.37. The second kappa shape index (κ2) is 6.48. The van der Waals surface area contributed by atoms with Crippen LogP contribution < -0.4 is 5.32 Å². The van der Waals surface area contributed by atoms with Gasteiger partial charge in [-0.2, -0.15) is 0 Å². The summed E-state index contributed by atoms with van der Waals surface area (Å²) >= 11 is 3.31. The molecular weight excluding hydrogens is 256 g/mol. The Morgan fingerprint density at radius 1 is 1.60 bits per heavy atom. The van der Waals surface area contributed by atoms with Gasteiger partial charge in [0.05, 0.1) is 6.54 Å². The first kappa shape index (κ1) is 12.1. The van der Waals surface area contributed by atoms with Gasteiger partial charge in [0.25, 0.3) is 0 Å². The Bertz CT molecular complexity index is 352. The first-order valence-corrected chi connectivity index (χ1v) is 5.44. The molecule has 4 heteroatoms. The fourth-order valence-electron chi connectivity index (χ4n) is 1.16. The van der Waals surface area contributed by atoms with E-state index in [-0.39, 0.29) is 5.78 Å². The van der Waals surface area contributed by atoms with E-state index in [4.69, 9.17) is 0 Å². The zero-order valence-corrected chi connectivity index (χ0v) is 9.96. The molecule has 0 radical (unpaired) electrons. The van der Waals surface area contributed by atoms with Crippen molar-refractivity contribution in [3.05, 3.63) is 41.2 Å². The quantitative estimate of drug-likeness (QED) is 0.631. The molecule has 80 valence electrons. The molecule has 0 aliphatic rings. The fourth-order valence-corrected chi connectivity index (χ4v) is 1.57. The highest BCUT2D eigenvalue weighted by molar-refractivity contribution is 9.10. The van der Waals surface area contributed by atoms with Gasteiger partial charge in [-0.25, -0.2) is 0 Å². The summed E-state index contributed by atoms with van der Waals surface area (Å²) in [5.74, 6) is 0.150. The number of nitrogens with zero attached hydrogens (tertiary/aromatic N) is 1. The molecule has 0 fully saturated rings. The summed E-state index contributed by atoms with van der Waals surface area (Å²) in [6.45, 7) is 4.59. The predicted molar refractivity (Wildman–Crippen MR) is 63.7 cm³/mol. The van der Waals surface area contributed by atoms with Crippen LogP contribution in [0.15, 0.2) is 35.6 Å². The molecule has 0 saturated carbocycles. The Balaban J connectivity index is 2.40. The second-order valence-corrected chi connectivity index (χ2v) is 4.06. The van der Waals surface area contributed by atoms with E-state index in [1.165, 1.54) is 0 Å². The maximum absolute atomic E-state index is 11.5. The average molecular weight is 269 g/mol. The molecule has 0 aliphatic heterocycles. The second-order valence-electron chi connectivity index (χ2n) is 3.15. The van der Waals surface area contributed by atoms with Crippen LogP contribution in [0.5, 0.6) is 0 Å². The molecule has 3 nitrogen and oxygen atoms in total. The summed E-state index contributed by atoms with van der Waals surface area (Å²) < 4.78 is 0.895. The smallest absolute Gasteiger partial charge is 0.151 e. The molecular formula is C11H13BrN2O. The topological polar surface area (TPSA) is 42.0 Å². The molecule has 0 aliphatic carbocycles. The van der Waals surface area contributed by atoms with Crippen LogP contribution in [-0.2, 0) is 11.2 Å². The van der Waals surface area contributed by atoms with Crippen molar-refractivity contribution < 1.29 is 4.79 Å². The molecule has 1 N–H and O–H groups in total. The van der Waals surface area contributed by atoms with Crippen molar-refractivity contribution in [2.45, 2.75) is 6.42 Å². The Morgan fingerprint density at radius 3 is 3.07 bits per heavy atom. The molecule has 1 heterocycles. The zero-order chi connectivity index (χ0) is 11.1. The first-order valence-electron chi connectivity index (χ1n) is 4.65. The van der Waals surface area contributed by atoms with E-state index < -0.39 is 0 Å². The van der Waals surface area contributed by atoms with Crippen LogP contribution in [0, 0.1) is 0 Å². The van der Waals surface area contributed by atoms with Crippen LogP contribution >= 0.6 is 15.9 Å². The number of ketones is 1. The molecule has 15 heavy (non-hydrogen) atoms. The van der Waals surface area contributed by atoms with Crippen LogP contribution in [0.2, 0.25) is 0 Å². The summed E-state index contributed by atoms with van der Waals surface area (Å²) in [5.41, 5.74) is 0.926. The lowest BCUT2D eigenvalue weighted by Gasteiger charge is -2.02. The third-order valence-corrected chi connectivity index (χ3v) is 2.21. The molecule has 0 spiro atoms. The van der Waals surface area contributed by atoms with Crippen molar-refractivity contribution in [3.8, 4) is 0 Å². The van der Waals surface area contributed by atoms with Crippen LogP contribution in [0.4, 0.5) is 0 Å². The normalized spacial score (nSPS) is 9.93. The number of halogens is 1. The van der Waals surface area contributed by atoms with Gasteiger partial charge in [0.1, 0.15) is 0 Å². The van der Waals surface area contributed by atoms with Gasteiger partial charge >= 0.3 is 0 Å². The van der Waals surface area contributed by atoms with Crippen molar-refractivity contribution in [2.24, 2.45) is 0 Å². The number of rotatable bonds is 6. The van der Waals surface area contributed by atoms with E-state index in [1.54, 1.807) is 18.5 Å². The van der Waals surface area contributed by atoms with E-state index in [2.05, 4.69) is 32.8 Å². The standard InChI is InChI=1S/C11H13BrN2O/c1-2-3-13-8-11(15)5-9-4-10(12)7-14-6-9/h2,4,6-7,13H,1,3,5,8H2. The minimum Gasteiger partial charge on any atom is -0.307 e. The highest BCUT2D eigenvalue weighted by Crippen LogP contribution is 2.09. The number of nitrogens with one attached hydrogen (secondary N) is 1. The van der Waals surface area contributed by atoms with Gasteiger partial charge in [0.2, 0.25) is 0 Å². The van der Waals surface area contributed by atoms with Crippen LogP contribution in [0.3, 0.4) is 0 Å². The van der Waals surface area contributed by atoms with E-state index >= 15 is 0 Å². The van der Waals surface area contributed by atoms with Gasteiger partial charge in [-0.05, 0) is 27.6 Å². The number of pyridine rings is 1. The summed E-state index contributed by atoms with van der Waals surface area (Å²) in [4.78, 5) is 15.5. The molecule has 0 unspecified atom stereocenters. The molecule has 0 bridgehead atoms. The summed E-state index contributed by atoms with van der Waals surface area (Å²) in [6.07, 6.45) is 5.55. The van der Waals surface area contributed by atoms with E-state index in [0.717, 1.165) is 10.0 Å². The van der Waals surface area contributed by atoms with E-state index in [9.17, 15) is 4.79 Å². The average Bonchev–Trinajstić information content (AvgIpc) is 2.18. The Hall–Kier alpha value is -1.00. The van der Waals surface area contributed by atoms with Gasteiger partial charge in [-0.15, -0.1) is 6.58 Å². The number of hydrogen-bond acceptors (Lipinski definition) is 3. The van der Waals surface area contributed by atoms with Crippen molar-refractivity contribution in [3.63, 3.8) is 0 Å². The van der Waals surface area contributed by atoms with Crippen LogP contribution in [0.1, 0.15) is 5.56 Å². The lowest BCUT2D eigenvalue weighted by Crippen LogP contribution is -2.24. The molecule has 0 saturated heterocycles. The molecule has 0 atom stereocenters. The van der Waals surface area contributed by atoms with Crippen molar-refractivity contribution >= 4 is 21.7 Å². The summed E-state index contributed by atoms with van der Waals surface area (Å²) in [7, 11) is 0.